The van der Waals surface area contributed by atoms with Gasteiger partial charge in [-0.15, -0.1) is 0 Å². The minimum atomic E-state index is -4.54. The molecule has 1 aromatic heterocycles. The van der Waals surface area contributed by atoms with E-state index in [-0.39, 0.29) is 23.4 Å². The van der Waals surface area contributed by atoms with E-state index in [0.29, 0.717) is 29.9 Å². The zero-order valence-corrected chi connectivity index (χ0v) is 20.7. The Balaban J connectivity index is 1.53. The van der Waals surface area contributed by atoms with E-state index in [1.54, 1.807) is 30.5 Å². The molecule has 6 nitrogen and oxygen atoms in total. The second-order valence-corrected chi connectivity index (χ2v) is 9.19. The molecule has 0 aliphatic carbocycles. The zero-order chi connectivity index (χ0) is 26.6. The number of amides is 1. The maximum atomic E-state index is 13.9. The molecule has 0 unspecified atom stereocenters. The Bertz CT molecular complexity index is 1350. The molecule has 1 saturated heterocycles. The molecule has 0 spiro atoms. The third-order valence-corrected chi connectivity index (χ3v) is 6.26. The van der Waals surface area contributed by atoms with Crippen molar-refractivity contribution in [1.29, 1.82) is 0 Å². The number of anilines is 2. The van der Waals surface area contributed by atoms with Gasteiger partial charge in [-0.3, -0.25) is 14.7 Å². The van der Waals surface area contributed by atoms with Crippen LogP contribution in [0.5, 0.6) is 0 Å². The van der Waals surface area contributed by atoms with Crippen LogP contribution in [0.1, 0.15) is 38.2 Å². The summed E-state index contributed by atoms with van der Waals surface area (Å²) in [6.45, 7) is 5.11. The Hall–Kier alpha value is -3.87. The summed E-state index contributed by atoms with van der Waals surface area (Å²) in [6, 6.07) is 10.6. The molecule has 0 bridgehead atoms. The van der Waals surface area contributed by atoms with E-state index in [9.17, 15) is 18.0 Å². The maximum Gasteiger partial charge on any atom is 0.416 e. The Kier molecular flexibility index (Phi) is 7.81. The molecule has 4 rings (SSSR count). The molecule has 3 aromatic rings. The number of pyridine rings is 1. The number of nitrogens with zero attached hydrogens (tertiary/aromatic N) is 3. The molecule has 0 atom stereocenters. The quantitative estimate of drug-likeness (QED) is 0.513. The van der Waals surface area contributed by atoms with Gasteiger partial charge in [0.15, 0.2) is 0 Å². The second-order valence-electron chi connectivity index (χ2n) is 9.19. The van der Waals surface area contributed by atoms with Gasteiger partial charge in [0.25, 0.3) is 5.91 Å². The van der Waals surface area contributed by atoms with Crippen molar-refractivity contribution < 1.29 is 18.0 Å². The van der Waals surface area contributed by atoms with Crippen LogP contribution in [0.3, 0.4) is 0 Å². The average Bonchev–Trinajstić information content (AvgIpc) is 2.85. The van der Waals surface area contributed by atoms with E-state index in [4.69, 9.17) is 5.73 Å². The minimum Gasteiger partial charge on any atom is -0.397 e. The van der Waals surface area contributed by atoms with Crippen molar-refractivity contribution in [1.82, 2.24) is 14.8 Å². The molecule has 2 aromatic carbocycles. The third-order valence-electron chi connectivity index (χ3n) is 6.26. The molecule has 1 amide bonds. The van der Waals surface area contributed by atoms with Crippen LogP contribution in [0.4, 0.5) is 24.5 Å². The smallest absolute Gasteiger partial charge is 0.397 e. The summed E-state index contributed by atoms with van der Waals surface area (Å²) in [5, 5.41) is 2.60. The standard InChI is InChI=1S/C28H28F3N5O/c1-19-3-5-22(14-21(19)6-4-20-13-24(32)17-33-16-20)27(37)34-25-8-7-23(26(15-25)28(29,30)31)18-36-11-9-35(2)10-12-36/h3,5,7-8,13-17H,9-12,18,32H2,1-2H3,(H,34,37). The molecule has 3 N–H and O–H groups in total. The number of aromatic nitrogens is 1. The van der Waals surface area contributed by atoms with Gasteiger partial charge >= 0.3 is 6.18 Å². The van der Waals surface area contributed by atoms with Gasteiger partial charge in [-0.2, -0.15) is 13.2 Å². The van der Waals surface area contributed by atoms with Crippen LogP contribution >= 0.6 is 0 Å². The van der Waals surface area contributed by atoms with Crippen molar-refractivity contribution in [2.24, 2.45) is 0 Å². The molecule has 1 fully saturated rings. The lowest BCUT2D eigenvalue weighted by atomic mass is 10.0. The fourth-order valence-corrected chi connectivity index (χ4v) is 4.07. The lowest BCUT2D eigenvalue weighted by Crippen LogP contribution is -2.44. The molecule has 0 radical (unpaired) electrons. The first kappa shape index (κ1) is 26.2. The summed E-state index contributed by atoms with van der Waals surface area (Å²) in [4.78, 5) is 21.1. The zero-order valence-electron chi connectivity index (χ0n) is 20.7. The van der Waals surface area contributed by atoms with Crippen LogP contribution in [0.2, 0.25) is 0 Å². The van der Waals surface area contributed by atoms with Crippen LogP contribution < -0.4 is 11.1 Å². The lowest BCUT2D eigenvalue weighted by Gasteiger charge is -2.33. The van der Waals surface area contributed by atoms with Crippen LogP contribution in [0.25, 0.3) is 0 Å². The lowest BCUT2D eigenvalue weighted by molar-refractivity contribution is -0.138. The number of rotatable bonds is 4. The number of nitrogen functional groups attached to an aromatic ring is 1. The number of nitrogens with two attached hydrogens (primary N) is 1. The van der Waals surface area contributed by atoms with E-state index in [2.05, 4.69) is 27.0 Å². The number of hydrogen-bond donors (Lipinski definition) is 2. The normalized spacial score (nSPS) is 14.6. The summed E-state index contributed by atoms with van der Waals surface area (Å²) in [5.41, 5.74) is 8.15. The highest BCUT2D eigenvalue weighted by Gasteiger charge is 2.34. The first-order chi connectivity index (χ1) is 17.6. The number of likely N-dealkylation sites (N-methyl/N-ethyl adjacent to an activating group) is 1. The van der Waals surface area contributed by atoms with Crippen molar-refractivity contribution in [2.45, 2.75) is 19.6 Å². The van der Waals surface area contributed by atoms with Gasteiger partial charge in [-0.1, -0.05) is 24.0 Å². The highest BCUT2D eigenvalue weighted by Crippen LogP contribution is 2.34. The minimum absolute atomic E-state index is 0.0819. The Morgan fingerprint density at radius 3 is 2.51 bits per heavy atom. The van der Waals surface area contributed by atoms with Gasteiger partial charge in [0.2, 0.25) is 0 Å². The number of aryl methyl sites for hydroxylation is 1. The van der Waals surface area contributed by atoms with E-state index < -0.39 is 17.6 Å². The Labute approximate surface area is 214 Å². The summed E-state index contributed by atoms with van der Waals surface area (Å²) in [6.07, 6.45) is -1.43. The molecule has 2 heterocycles. The van der Waals surface area contributed by atoms with Gasteiger partial charge in [0, 0.05) is 67.5 Å². The summed E-state index contributed by atoms with van der Waals surface area (Å²) >= 11 is 0. The number of hydrogen-bond acceptors (Lipinski definition) is 5. The SMILES string of the molecule is Cc1ccc(C(=O)Nc2ccc(CN3CCN(C)CC3)c(C(F)(F)F)c2)cc1C#Cc1cncc(N)c1. The second kappa shape index (κ2) is 11.0. The number of benzene rings is 2. The highest BCUT2D eigenvalue weighted by molar-refractivity contribution is 6.04. The fraction of sp³-hybridized carbons (Fsp3) is 0.286. The third kappa shape index (κ3) is 6.88. The molecule has 192 valence electrons. The van der Waals surface area contributed by atoms with Crippen molar-refractivity contribution in [3.63, 3.8) is 0 Å². The van der Waals surface area contributed by atoms with Gasteiger partial charge in [0.1, 0.15) is 0 Å². The number of carbonyl (C=O) groups is 1. The number of piperazine rings is 1. The van der Waals surface area contributed by atoms with Gasteiger partial charge < -0.3 is 16.0 Å². The van der Waals surface area contributed by atoms with Crippen molar-refractivity contribution in [2.75, 3.05) is 44.3 Å². The maximum absolute atomic E-state index is 13.9. The molecular formula is C28H28F3N5O. The number of alkyl halides is 3. The van der Waals surface area contributed by atoms with Crippen LogP contribution in [-0.4, -0.2) is 53.9 Å². The van der Waals surface area contributed by atoms with Crippen molar-refractivity contribution in [3.05, 3.63) is 88.2 Å². The Morgan fingerprint density at radius 2 is 1.81 bits per heavy atom. The molecule has 0 saturated carbocycles. The van der Waals surface area contributed by atoms with Crippen LogP contribution in [0.15, 0.2) is 54.9 Å². The molecular weight excluding hydrogens is 479 g/mol. The van der Waals surface area contributed by atoms with Crippen LogP contribution in [-0.2, 0) is 12.7 Å². The average molecular weight is 508 g/mol. The highest BCUT2D eigenvalue weighted by atomic mass is 19.4. The van der Waals surface area contributed by atoms with E-state index >= 15 is 0 Å². The molecule has 1 aliphatic rings. The number of halogens is 3. The van der Waals surface area contributed by atoms with Gasteiger partial charge in [-0.05, 0) is 55.4 Å². The summed E-state index contributed by atoms with van der Waals surface area (Å²) in [5.74, 6) is 5.46. The van der Waals surface area contributed by atoms with Crippen molar-refractivity contribution >= 4 is 17.3 Å². The summed E-state index contributed by atoms with van der Waals surface area (Å²) in [7, 11) is 2.00. The first-order valence-electron chi connectivity index (χ1n) is 11.8. The summed E-state index contributed by atoms with van der Waals surface area (Å²) < 4.78 is 41.7. The number of nitrogens with one attached hydrogen (secondary N) is 1. The topological polar surface area (TPSA) is 74.5 Å². The van der Waals surface area contributed by atoms with E-state index in [1.165, 1.54) is 18.3 Å². The largest absolute Gasteiger partial charge is 0.416 e. The monoisotopic (exact) mass is 507 g/mol. The van der Waals surface area contributed by atoms with Crippen molar-refractivity contribution in [3.8, 4) is 11.8 Å². The number of carbonyl (C=O) groups excluding carboxylic acids is 1. The predicted octanol–water partition coefficient (Wildman–Crippen LogP) is 4.39. The molecule has 9 heteroatoms. The predicted molar refractivity (Wildman–Crippen MR) is 138 cm³/mol. The van der Waals surface area contributed by atoms with Crippen LogP contribution in [0, 0.1) is 18.8 Å². The molecule has 37 heavy (non-hydrogen) atoms. The van der Waals surface area contributed by atoms with E-state index in [0.717, 1.165) is 24.7 Å². The van der Waals surface area contributed by atoms with Gasteiger partial charge in [0.05, 0.1) is 11.3 Å². The van der Waals surface area contributed by atoms with Gasteiger partial charge in [-0.25, -0.2) is 0 Å². The fourth-order valence-electron chi connectivity index (χ4n) is 4.07. The first-order valence-corrected chi connectivity index (χ1v) is 11.8. The van der Waals surface area contributed by atoms with E-state index in [1.807, 2.05) is 18.9 Å². The molecule has 1 aliphatic heterocycles. The Morgan fingerprint density at radius 1 is 1.05 bits per heavy atom.